The molecule has 230 valence electrons. The standard InChI is InChI=1S/C39H38N6O/c1-26(2)27-19-20-40-38(21-27)45-34-14-8-7-13-32(34)33-18-17-31(23-37(33)45)46-30-12-9-11-29(22-30)44-25-28(24-41-44)39-35(42(3)4)15-10-16-36(39)43(5)6/h7-26H,1-6H3. The molecular weight excluding hydrogens is 568 g/mol. The van der Waals surface area contributed by atoms with Crippen LogP contribution in [0.5, 0.6) is 11.5 Å². The lowest BCUT2D eigenvalue weighted by Crippen LogP contribution is -2.14. The SMILES string of the molecule is CC(C)c1ccnc(-n2c3ccccc3c3ccc(Oc4cccc(-n5cc(-c6c(N(C)C)cccc6N(C)C)cn5)c4)cc32)c1. The van der Waals surface area contributed by atoms with Gasteiger partial charge >= 0.3 is 0 Å². The Hall–Kier alpha value is -5.56. The average molecular weight is 607 g/mol. The van der Waals surface area contributed by atoms with Gasteiger partial charge in [-0.25, -0.2) is 9.67 Å². The third-order valence-electron chi connectivity index (χ3n) is 8.48. The Morgan fingerprint density at radius 2 is 1.41 bits per heavy atom. The van der Waals surface area contributed by atoms with Crippen LogP contribution in [0.4, 0.5) is 11.4 Å². The number of pyridine rings is 1. The average Bonchev–Trinajstić information content (AvgIpc) is 3.68. The van der Waals surface area contributed by atoms with E-state index in [9.17, 15) is 0 Å². The molecule has 7 aromatic rings. The van der Waals surface area contributed by atoms with Crippen molar-refractivity contribution < 1.29 is 4.74 Å². The summed E-state index contributed by atoms with van der Waals surface area (Å²) in [4.78, 5) is 9.06. The lowest BCUT2D eigenvalue weighted by Gasteiger charge is -2.23. The zero-order valence-electron chi connectivity index (χ0n) is 27.1. The number of hydrogen-bond donors (Lipinski definition) is 0. The third-order valence-corrected chi connectivity index (χ3v) is 8.48. The summed E-state index contributed by atoms with van der Waals surface area (Å²) >= 11 is 0. The lowest BCUT2D eigenvalue weighted by atomic mass is 10.0. The highest BCUT2D eigenvalue weighted by molar-refractivity contribution is 6.09. The first-order valence-corrected chi connectivity index (χ1v) is 15.6. The Labute approximate surface area is 269 Å². The van der Waals surface area contributed by atoms with Crippen molar-refractivity contribution in [2.45, 2.75) is 19.8 Å². The summed E-state index contributed by atoms with van der Waals surface area (Å²) in [5.74, 6) is 2.80. The molecule has 3 heterocycles. The van der Waals surface area contributed by atoms with Gasteiger partial charge in [0, 0.05) is 86.0 Å². The van der Waals surface area contributed by atoms with Gasteiger partial charge in [0.05, 0.1) is 22.9 Å². The third kappa shape index (κ3) is 5.24. The summed E-state index contributed by atoms with van der Waals surface area (Å²) in [5, 5.41) is 7.10. The highest BCUT2D eigenvalue weighted by atomic mass is 16.5. The van der Waals surface area contributed by atoms with Crippen LogP contribution in [0.2, 0.25) is 0 Å². The predicted octanol–water partition coefficient (Wildman–Crippen LogP) is 9.08. The second kappa shape index (κ2) is 11.7. The van der Waals surface area contributed by atoms with E-state index in [2.05, 4.69) is 129 Å². The Balaban J connectivity index is 1.25. The van der Waals surface area contributed by atoms with Gasteiger partial charge in [-0.15, -0.1) is 0 Å². The number of anilines is 2. The maximum absolute atomic E-state index is 6.50. The highest BCUT2D eigenvalue weighted by Crippen LogP contribution is 2.39. The zero-order valence-corrected chi connectivity index (χ0v) is 27.1. The molecule has 0 fully saturated rings. The van der Waals surface area contributed by atoms with Crippen LogP contribution in [-0.4, -0.2) is 47.5 Å². The molecule has 7 rings (SSSR count). The van der Waals surface area contributed by atoms with E-state index in [1.54, 1.807) is 0 Å². The van der Waals surface area contributed by atoms with Gasteiger partial charge in [-0.05, 0) is 66.1 Å². The largest absolute Gasteiger partial charge is 0.457 e. The van der Waals surface area contributed by atoms with Crippen LogP contribution in [0.3, 0.4) is 0 Å². The molecule has 0 saturated heterocycles. The lowest BCUT2D eigenvalue weighted by molar-refractivity contribution is 0.483. The second-order valence-corrected chi connectivity index (χ2v) is 12.4. The molecule has 46 heavy (non-hydrogen) atoms. The number of rotatable bonds is 8. The minimum Gasteiger partial charge on any atom is -0.457 e. The Kier molecular flexibility index (Phi) is 7.45. The van der Waals surface area contributed by atoms with Gasteiger partial charge in [0.2, 0.25) is 0 Å². The number of ether oxygens (including phenoxy) is 1. The quantitative estimate of drug-likeness (QED) is 0.173. The Morgan fingerprint density at radius 1 is 0.696 bits per heavy atom. The molecule has 0 N–H and O–H groups in total. The minimum atomic E-state index is 0.407. The van der Waals surface area contributed by atoms with E-state index < -0.39 is 0 Å². The molecule has 0 radical (unpaired) electrons. The summed E-state index contributed by atoms with van der Waals surface area (Å²) in [5.41, 5.74) is 8.82. The fourth-order valence-electron chi connectivity index (χ4n) is 6.16. The van der Waals surface area contributed by atoms with Gasteiger partial charge in [0.1, 0.15) is 17.3 Å². The summed E-state index contributed by atoms with van der Waals surface area (Å²) in [6, 6.07) is 33.5. The van der Waals surface area contributed by atoms with Gasteiger partial charge in [-0.2, -0.15) is 5.10 Å². The summed E-state index contributed by atoms with van der Waals surface area (Å²) in [6.45, 7) is 4.41. The number of benzene rings is 4. The first-order valence-electron chi connectivity index (χ1n) is 15.6. The van der Waals surface area contributed by atoms with Crippen molar-refractivity contribution in [2.75, 3.05) is 38.0 Å². The van der Waals surface area contributed by atoms with Crippen molar-refractivity contribution in [1.29, 1.82) is 0 Å². The Bertz CT molecular complexity index is 2160. The van der Waals surface area contributed by atoms with Crippen LogP contribution in [-0.2, 0) is 0 Å². The van der Waals surface area contributed by atoms with E-state index in [0.29, 0.717) is 5.92 Å². The molecule has 7 heteroatoms. The van der Waals surface area contributed by atoms with Crippen LogP contribution >= 0.6 is 0 Å². The number of hydrogen-bond acceptors (Lipinski definition) is 5. The minimum absolute atomic E-state index is 0.407. The van der Waals surface area contributed by atoms with Crippen LogP contribution in [0.1, 0.15) is 25.3 Å². The highest BCUT2D eigenvalue weighted by Gasteiger charge is 2.17. The maximum Gasteiger partial charge on any atom is 0.137 e. The molecule has 0 aliphatic rings. The number of nitrogens with zero attached hydrogens (tertiary/aromatic N) is 6. The molecule has 0 amide bonds. The number of fused-ring (bicyclic) bond motifs is 3. The molecule has 0 spiro atoms. The molecule has 3 aromatic heterocycles. The first kappa shape index (κ1) is 29.2. The van der Waals surface area contributed by atoms with Crippen molar-refractivity contribution in [2.24, 2.45) is 0 Å². The topological polar surface area (TPSA) is 51.4 Å². The number of aromatic nitrogens is 4. The molecule has 0 saturated carbocycles. The van der Waals surface area contributed by atoms with Crippen molar-refractivity contribution >= 4 is 33.2 Å². The van der Waals surface area contributed by atoms with E-state index >= 15 is 0 Å². The molecule has 0 atom stereocenters. The smallest absolute Gasteiger partial charge is 0.137 e. The molecule has 0 bridgehead atoms. The van der Waals surface area contributed by atoms with Crippen molar-refractivity contribution in [3.8, 4) is 34.1 Å². The van der Waals surface area contributed by atoms with E-state index in [4.69, 9.17) is 14.8 Å². The molecule has 7 nitrogen and oxygen atoms in total. The Morgan fingerprint density at radius 3 is 2.17 bits per heavy atom. The maximum atomic E-state index is 6.50. The fraction of sp³-hybridized carbons (Fsp3) is 0.179. The fourth-order valence-corrected chi connectivity index (χ4v) is 6.16. The normalized spacial score (nSPS) is 11.5. The van der Waals surface area contributed by atoms with Gasteiger partial charge in [0.15, 0.2) is 0 Å². The molecule has 0 aliphatic carbocycles. The molecule has 0 unspecified atom stereocenters. The van der Waals surface area contributed by atoms with E-state index in [1.165, 1.54) is 10.9 Å². The van der Waals surface area contributed by atoms with E-state index in [-0.39, 0.29) is 0 Å². The monoisotopic (exact) mass is 606 g/mol. The van der Waals surface area contributed by atoms with Gasteiger partial charge < -0.3 is 14.5 Å². The number of para-hydroxylation sites is 1. The second-order valence-electron chi connectivity index (χ2n) is 12.4. The predicted molar refractivity (Wildman–Crippen MR) is 190 cm³/mol. The van der Waals surface area contributed by atoms with Gasteiger partial charge in [0.25, 0.3) is 0 Å². The molecule has 4 aromatic carbocycles. The van der Waals surface area contributed by atoms with Crippen LogP contribution in [0.15, 0.2) is 116 Å². The first-order chi connectivity index (χ1) is 22.3. The zero-order chi connectivity index (χ0) is 31.9. The summed E-state index contributed by atoms with van der Waals surface area (Å²) < 4.78 is 10.6. The van der Waals surface area contributed by atoms with Crippen molar-refractivity contribution in [1.82, 2.24) is 19.3 Å². The van der Waals surface area contributed by atoms with Crippen LogP contribution < -0.4 is 14.5 Å². The van der Waals surface area contributed by atoms with Gasteiger partial charge in [-0.3, -0.25) is 4.57 Å². The van der Waals surface area contributed by atoms with Crippen LogP contribution in [0.25, 0.3) is 44.4 Å². The van der Waals surface area contributed by atoms with E-state index in [1.807, 2.05) is 47.4 Å². The van der Waals surface area contributed by atoms with Gasteiger partial charge in [-0.1, -0.05) is 44.2 Å². The molecule has 0 aliphatic heterocycles. The van der Waals surface area contributed by atoms with Crippen molar-refractivity contribution in [3.63, 3.8) is 0 Å². The van der Waals surface area contributed by atoms with Crippen LogP contribution in [0, 0.1) is 0 Å². The summed E-state index contributed by atoms with van der Waals surface area (Å²) in [6.07, 6.45) is 5.91. The summed E-state index contributed by atoms with van der Waals surface area (Å²) in [7, 11) is 8.28. The van der Waals surface area contributed by atoms with Crippen molar-refractivity contribution in [3.05, 3.63) is 121 Å². The molecular formula is C39H38N6O. The van der Waals surface area contributed by atoms with E-state index in [0.717, 1.165) is 61.9 Å².